The third-order valence-electron chi connectivity index (χ3n) is 4.14. The molecule has 2 rings (SSSR count). The first-order valence-corrected chi connectivity index (χ1v) is 8.33. The van der Waals surface area contributed by atoms with E-state index in [0.29, 0.717) is 29.9 Å². The molecule has 0 aliphatic carbocycles. The summed E-state index contributed by atoms with van der Waals surface area (Å²) in [6, 6.07) is 7.95. The average Bonchev–Trinajstić information content (AvgIpc) is 3.00. The Morgan fingerprint density at radius 1 is 1.24 bits per heavy atom. The summed E-state index contributed by atoms with van der Waals surface area (Å²) in [5.74, 6) is -0.614. The quantitative estimate of drug-likeness (QED) is 0.781. The van der Waals surface area contributed by atoms with Crippen LogP contribution in [0.3, 0.4) is 0 Å². The number of ether oxygens (including phenoxy) is 1. The maximum absolute atomic E-state index is 12.5. The molecule has 0 fully saturated rings. The van der Waals surface area contributed by atoms with E-state index in [1.165, 1.54) is 7.11 Å². The normalized spacial score (nSPS) is 11.8. The molecule has 1 aromatic carbocycles. The highest BCUT2D eigenvalue weighted by Gasteiger charge is 2.24. The van der Waals surface area contributed by atoms with Gasteiger partial charge in [0.2, 0.25) is 0 Å². The smallest absolute Gasteiger partial charge is 0.310 e. The molecular weight excluding hydrogens is 320 g/mol. The van der Waals surface area contributed by atoms with Crippen LogP contribution >= 0.6 is 0 Å². The fourth-order valence-corrected chi connectivity index (χ4v) is 2.67. The van der Waals surface area contributed by atoms with E-state index in [1.54, 1.807) is 6.92 Å². The predicted molar refractivity (Wildman–Crippen MR) is 93.3 cm³/mol. The van der Waals surface area contributed by atoms with Crippen LogP contribution in [-0.2, 0) is 22.4 Å². The first-order chi connectivity index (χ1) is 12.0. The molecule has 1 atom stereocenters. The summed E-state index contributed by atoms with van der Waals surface area (Å²) in [6.45, 7) is 5.80. The Kier molecular flexibility index (Phi) is 6.33. The van der Waals surface area contributed by atoms with Crippen molar-refractivity contribution in [1.82, 2.24) is 10.5 Å². The zero-order valence-corrected chi connectivity index (χ0v) is 15.1. The highest BCUT2D eigenvalue weighted by molar-refractivity contribution is 5.96. The molecule has 1 heterocycles. The number of rotatable bonds is 7. The Morgan fingerprint density at radius 3 is 2.52 bits per heavy atom. The largest absolute Gasteiger partial charge is 0.469 e. The van der Waals surface area contributed by atoms with Gasteiger partial charge in [0.15, 0.2) is 0 Å². The average molecular weight is 344 g/mol. The predicted octanol–water partition coefficient (Wildman–Crippen LogP) is 2.62. The number of benzene rings is 1. The molecule has 6 nitrogen and oxygen atoms in total. The fourth-order valence-electron chi connectivity index (χ4n) is 2.67. The first-order valence-electron chi connectivity index (χ1n) is 8.33. The van der Waals surface area contributed by atoms with Crippen LogP contribution in [0.25, 0.3) is 0 Å². The van der Waals surface area contributed by atoms with Gasteiger partial charge >= 0.3 is 5.97 Å². The molecule has 1 aromatic heterocycles. The second kappa shape index (κ2) is 8.46. The van der Waals surface area contributed by atoms with Gasteiger partial charge < -0.3 is 14.6 Å². The van der Waals surface area contributed by atoms with E-state index < -0.39 is 5.92 Å². The van der Waals surface area contributed by atoms with Crippen molar-refractivity contribution in [2.45, 2.75) is 33.6 Å². The number of methoxy groups -OCH3 is 1. The number of carbonyl (C=O) groups is 2. The zero-order chi connectivity index (χ0) is 18.4. The van der Waals surface area contributed by atoms with E-state index in [4.69, 9.17) is 9.26 Å². The van der Waals surface area contributed by atoms with Gasteiger partial charge in [0, 0.05) is 6.54 Å². The second-order valence-electron chi connectivity index (χ2n) is 6.03. The lowest BCUT2D eigenvalue weighted by Crippen LogP contribution is -2.35. The molecule has 0 unspecified atom stereocenters. The number of aromatic nitrogens is 1. The highest BCUT2D eigenvalue weighted by Crippen LogP contribution is 2.15. The summed E-state index contributed by atoms with van der Waals surface area (Å²) in [7, 11) is 1.35. The molecule has 0 radical (unpaired) electrons. The Morgan fingerprint density at radius 2 is 1.92 bits per heavy atom. The topological polar surface area (TPSA) is 81.4 Å². The lowest BCUT2D eigenvalue weighted by Gasteiger charge is -2.16. The number of nitrogens with one attached hydrogen (secondary N) is 1. The SMILES string of the molecule is CCc1noc(C)c1C(=O)NC[C@@H](Cc1ccc(C)cc1)C(=O)OC. The molecule has 0 aliphatic rings. The van der Waals surface area contributed by atoms with Crippen molar-refractivity contribution in [2.75, 3.05) is 13.7 Å². The van der Waals surface area contributed by atoms with Crippen LogP contribution in [0.2, 0.25) is 0 Å². The molecule has 2 aromatic rings. The lowest BCUT2D eigenvalue weighted by atomic mass is 9.98. The van der Waals surface area contributed by atoms with Crippen LogP contribution in [0.4, 0.5) is 0 Å². The van der Waals surface area contributed by atoms with Gasteiger partial charge in [-0.1, -0.05) is 41.9 Å². The van der Waals surface area contributed by atoms with Crippen LogP contribution in [0, 0.1) is 19.8 Å². The number of esters is 1. The molecule has 0 saturated heterocycles. The maximum Gasteiger partial charge on any atom is 0.310 e. The number of carbonyl (C=O) groups excluding carboxylic acids is 2. The van der Waals surface area contributed by atoms with Crippen LogP contribution in [0.1, 0.15) is 39.9 Å². The number of hydrogen-bond acceptors (Lipinski definition) is 5. The summed E-state index contributed by atoms with van der Waals surface area (Å²) < 4.78 is 9.97. The molecule has 0 saturated carbocycles. The van der Waals surface area contributed by atoms with Crippen LogP contribution in [-0.4, -0.2) is 30.7 Å². The zero-order valence-electron chi connectivity index (χ0n) is 15.1. The molecule has 1 amide bonds. The van der Waals surface area contributed by atoms with Crippen molar-refractivity contribution in [2.24, 2.45) is 5.92 Å². The van der Waals surface area contributed by atoms with Gasteiger partial charge in [-0.3, -0.25) is 9.59 Å². The molecule has 25 heavy (non-hydrogen) atoms. The molecule has 0 bridgehead atoms. The van der Waals surface area contributed by atoms with Crippen molar-refractivity contribution in [3.8, 4) is 0 Å². The van der Waals surface area contributed by atoms with E-state index in [9.17, 15) is 9.59 Å². The standard InChI is InChI=1S/C19H24N2O4/c1-5-16-17(13(3)25-21-16)18(22)20-11-15(19(23)24-4)10-14-8-6-12(2)7-9-14/h6-9,15H,5,10-11H2,1-4H3,(H,20,22)/t15-/m1/s1. The van der Waals surface area contributed by atoms with Gasteiger partial charge in [0.25, 0.3) is 5.91 Å². The van der Waals surface area contributed by atoms with E-state index >= 15 is 0 Å². The van der Waals surface area contributed by atoms with Gasteiger partial charge in [-0.25, -0.2) is 0 Å². The van der Waals surface area contributed by atoms with Crippen molar-refractivity contribution >= 4 is 11.9 Å². The van der Waals surface area contributed by atoms with Crippen molar-refractivity contribution in [1.29, 1.82) is 0 Å². The lowest BCUT2D eigenvalue weighted by molar-refractivity contribution is -0.145. The second-order valence-corrected chi connectivity index (χ2v) is 6.03. The third-order valence-corrected chi connectivity index (χ3v) is 4.14. The van der Waals surface area contributed by atoms with Crippen LogP contribution < -0.4 is 5.32 Å². The van der Waals surface area contributed by atoms with Crippen molar-refractivity contribution < 1.29 is 18.8 Å². The molecule has 0 aliphatic heterocycles. The summed E-state index contributed by atoms with van der Waals surface area (Å²) in [5, 5.41) is 6.69. The summed E-state index contributed by atoms with van der Waals surface area (Å²) >= 11 is 0. The van der Waals surface area contributed by atoms with E-state index in [0.717, 1.165) is 11.1 Å². The minimum Gasteiger partial charge on any atom is -0.469 e. The Labute approximate surface area is 147 Å². The van der Waals surface area contributed by atoms with Crippen LogP contribution in [0.15, 0.2) is 28.8 Å². The summed E-state index contributed by atoms with van der Waals surface area (Å²) in [6.07, 6.45) is 1.10. The molecule has 6 heteroatoms. The summed E-state index contributed by atoms with van der Waals surface area (Å²) in [5.41, 5.74) is 3.23. The maximum atomic E-state index is 12.5. The van der Waals surface area contributed by atoms with Gasteiger partial charge in [-0.15, -0.1) is 0 Å². The number of nitrogens with zero attached hydrogens (tertiary/aromatic N) is 1. The Balaban J connectivity index is 2.07. The van der Waals surface area contributed by atoms with Crippen molar-refractivity contribution in [3.63, 3.8) is 0 Å². The number of hydrogen-bond donors (Lipinski definition) is 1. The fraction of sp³-hybridized carbons (Fsp3) is 0.421. The number of aryl methyl sites for hydroxylation is 3. The van der Waals surface area contributed by atoms with E-state index in [-0.39, 0.29) is 18.4 Å². The van der Waals surface area contributed by atoms with Gasteiger partial charge in [0.05, 0.1) is 18.7 Å². The monoisotopic (exact) mass is 344 g/mol. The molecule has 1 N–H and O–H groups in total. The Bertz CT molecular complexity index is 734. The molecule has 134 valence electrons. The molecule has 0 spiro atoms. The molecular formula is C19H24N2O4. The minimum atomic E-state index is -0.457. The minimum absolute atomic E-state index is 0.188. The van der Waals surface area contributed by atoms with Crippen molar-refractivity contribution in [3.05, 3.63) is 52.4 Å². The highest BCUT2D eigenvalue weighted by atomic mass is 16.5. The van der Waals surface area contributed by atoms with Gasteiger partial charge in [-0.05, 0) is 32.3 Å². The summed E-state index contributed by atoms with van der Waals surface area (Å²) in [4.78, 5) is 24.5. The van der Waals surface area contributed by atoms with Gasteiger partial charge in [-0.2, -0.15) is 0 Å². The van der Waals surface area contributed by atoms with Crippen LogP contribution in [0.5, 0.6) is 0 Å². The van der Waals surface area contributed by atoms with E-state index in [1.807, 2.05) is 38.1 Å². The Hall–Kier alpha value is -2.63. The number of amides is 1. The third kappa shape index (κ3) is 4.68. The van der Waals surface area contributed by atoms with Gasteiger partial charge in [0.1, 0.15) is 11.3 Å². The van der Waals surface area contributed by atoms with E-state index in [2.05, 4.69) is 10.5 Å². The first kappa shape index (κ1) is 18.7.